The van der Waals surface area contributed by atoms with E-state index in [1.807, 2.05) is 35.4 Å². The van der Waals surface area contributed by atoms with Crippen LogP contribution in [0.2, 0.25) is 0 Å². The summed E-state index contributed by atoms with van der Waals surface area (Å²) in [4.78, 5) is 22.2. The average Bonchev–Trinajstić information content (AvgIpc) is 3.55. The van der Waals surface area contributed by atoms with E-state index in [0.29, 0.717) is 54.5 Å². The second-order valence-electron chi connectivity index (χ2n) is 7.98. The van der Waals surface area contributed by atoms with Gasteiger partial charge in [-0.05, 0) is 36.6 Å². The first-order valence-electron chi connectivity index (χ1n) is 11.2. The Hall–Kier alpha value is -4.34. The first kappa shape index (κ1) is 22.5. The summed E-state index contributed by atoms with van der Waals surface area (Å²) < 4.78 is 7.36. The highest BCUT2D eigenvalue weighted by molar-refractivity contribution is 7.12. The molecule has 0 saturated carbocycles. The molecule has 0 atom stereocenters. The zero-order valence-corrected chi connectivity index (χ0v) is 20.0. The Kier molecular flexibility index (Phi) is 6.09. The third-order valence-corrected chi connectivity index (χ3v) is 6.89. The molecule has 0 N–H and O–H groups in total. The molecule has 5 rings (SSSR count). The Balaban J connectivity index is 1.35. The molecule has 35 heavy (non-hydrogen) atoms. The molecule has 8 nitrogen and oxygen atoms in total. The number of hydrogen-bond acceptors (Lipinski definition) is 7. The second kappa shape index (κ2) is 9.49. The average molecular weight is 483 g/mol. The van der Waals surface area contributed by atoms with Crippen LogP contribution in [0.25, 0.3) is 16.6 Å². The summed E-state index contributed by atoms with van der Waals surface area (Å²) >= 11 is 1.39. The van der Waals surface area contributed by atoms with Gasteiger partial charge in [0.2, 0.25) is 0 Å². The van der Waals surface area contributed by atoms with E-state index in [2.05, 4.69) is 22.0 Å². The standard InChI is InChI=1S/C26H22N6O2S/c1-3-18-7-12-35-25(18)26(33)31-10-8-30(9-11-31)23-6-5-19(15-28-23)22-13-21(34-4-2)17-32-24(22)20(14-27)16-29-32/h1,5-7,12-13,15-17H,4,8-11H2,2H3. The van der Waals surface area contributed by atoms with Gasteiger partial charge in [-0.3, -0.25) is 4.79 Å². The maximum Gasteiger partial charge on any atom is 0.265 e. The minimum absolute atomic E-state index is 0.0109. The van der Waals surface area contributed by atoms with E-state index >= 15 is 0 Å². The van der Waals surface area contributed by atoms with Gasteiger partial charge in [-0.15, -0.1) is 17.8 Å². The highest BCUT2D eigenvalue weighted by Gasteiger charge is 2.25. The summed E-state index contributed by atoms with van der Waals surface area (Å²) in [6.07, 6.45) is 10.7. The van der Waals surface area contributed by atoms with Gasteiger partial charge in [0.15, 0.2) is 0 Å². The quantitative estimate of drug-likeness (QED) is 0.404. The molecule has 4 aromatic rings. The zero-order chi connectivity index (χ0) is 24.4. The van der Waals surface area contributed by atoms with Crippen LogP contribution in [0.4, 0.5) is 5.82 Å². The number of amides is 1. The number of nitriles is 1. The fourth-order valence-corrected chi connectivity index (χ4v) is 5.07. The lowest BCUT2D eigenvalue weighted by atomic mass is 10.1. The predicted molar refractivity (Wildman–Crippen MR) is 135 cm³/mol. The maximum atomic E-state index is 12.9. The Morgan fingerprint density at radius 1 is 1.20 bits per heavy atom. The van der Waals surface area contributed by atoms with Crippen LogP contribution in [-0.2, 0) is 0 Å². The predicted octanol–water partition coefficient (Wildman–Crippen LogP) is 3.67. The zero-order valence-electron chi connectivity index (χ0n) is 19.1. The molecule has 0 aliphatic carbocycles. The van der Waals surface area contributed by atoms with Gasteiger partial charge in [-0.25, -0.2) is 9.50 Å². The molecule has 5 heterocycles. The molecule has 1 aliphatic rings. The topological polar surface area (TPSA) is 86.8 Å². The van der Waals surface area contributed by atoms with Crippen LogP contribution in [0.15, 0.2) is 48.2 Å². The van der Waals surface area contributed by atoms with Gasteiger partial charge in [0.05, 0.1) is 30.1 Å². The molecule has 0 bridgehead atoms. The van der Waals surface area contributed by atoms with Crippen molar-refractivity contribution in [3.63, 3.8) is 0 Å². The number of carbonyl (C=O) groups excluding carboxylic acids is 1. The van der Waals surface area contributed by atoms with Gasteiger partial charge in [0.1, 0.15) is 22.5 Å². The number of fused-ring (bicyclic) bond motifs is 1. The molecule has 0 spiro atoms. The van der Waals surface area contributed by atoms with Crippen LogP contribution < -0.4 is 9.64 Å². The van der Waals surface area contributed by atoms with E-state index in [0.717, 1.165) is 22.5 Å². The van der Waals surface area contributed by atoms with Crippen molar-refractivity contribution in [3.05, 3.63) is 64.2 Å². The summed E-state index contributed by atoms with van der Waals surface area (Å²) in [5.74, 6) is 4.09. The van der Waals surface area contributed by atoms with E-state index in [-0.39, 0.29) is 5.91 Å². The van der Waals surface area contributed by atoms with Crippen LogP contribution in [0, 0.1) is 23.7 Å². The highest BCUT2D eigenvalue weighted by Crippen LogP contribution is 2.31. The number of rotatable bonds is 5. The van der Waals surface area contributed by atoms with Crippen molar-refractivity contribution in [3.8, 4) is 35.3 Å². The SMILES string of the molecule is C#Cc1ccsc1C(=O)N1CCN(c2ccc(-c3cc(OCC)cn4ncc(C#N)c34)cn2)CC1. The number of aromatic nitrogens is 3. The van der Waals surface area contributed by atoms with Crippen LogP contribution in [-0.4, -0.2) is 58.2 Å². The van der Waals surface area contributed by atoms with Crippen molar-refractivity contribution in [2.45, 2.75) is 6.92 Å². The minimum atomic E-state index is -0.0109. The number of nitrogens with zero attached hydrogens (tertiary/aromatic N) is 6. The van der Waals surface area contributed by atoms with Crippen molar-refractivity contribution in [1.29, 1.82) is 5.26 Å². The Bertz CT molecular complexity index is 1470. The van der Waals surface area contributed by atoms with Crippen LogP contribution in [0.3, 0.4) is 0 Å². The van der Waals surface area contributed by atoms with Gasteiger partial charge in [0, 0.05) is 49.1 Å². The molecule has 0 aromatic carbocycles. The monoisotopic (exact) mass is 482 g/mol. The highest BCUT2D eigenvalue weighted by atomic mass is 32.1. The largest absolute Gasteiger partial charge is 0.492 e. The summed E-state index contributed by atoms with van der Waals surface area (Å²) in [5.41, 5.74) is 3.56. The van der Waals surface area contributed by atoms with Crippen molar-refractivity contribution >= 4 is 28.6 Å². The number of piperazine rings is 1. The third-order valence-electron chi connectivity index (χ3n) is 5.98. The lowest BCUT2D eigenvalue weighted by molar-refractivity contribution is 0.0751. The lowest BCUT2D eigenvalue weighted by Gasteiger charge is -2.35. The summed E-state index contributed by atoms with van der Waals surface area (Å²) in [6.45, 7) is 5.01. The van der Waals surface area contributed by atoms with Gasteiger partial charge in [-0.1, -0.05) is 5.92 Å². The van der Waals surface area contributed by atoms with Crippen molar-refractivity contribution in [2.24, 2.45) is 0 Å². The number of carbonyl (C=O) groups is 1. The van der Waals surface area contributed by atoms with E-state index in [1.54, 1.807) is 29.2 Å². The van der Waals surface area contributed by atoms with E-state index in [1.165, 1.54) is 11.3 Å². The summed E-state index contributed by atoms with van der Waals surface area (Å²) in [7, 11) is 0. The molecule has 9 heteroatoms. The van der Waals surface area contributed by atoms with E-state index in [9.17, 15) is 10.1 Å². The fraction of sp³-hybridized carbons (Fsp3) is 0.231. The van der Waals surface area contributed by atoms with Crippen LogP contribution >= 0.6 is 11.3 Å². The number of thiophene rings is 1. The molecule has 1 saturated heterocycles. The van der Waals surface area contributed by atoms with Crippen LogP contribution in [0.5, 0.6) is 5.75 Å². The van der Waals surface area contributed by atoms with Crippen molar-refractivity contribution < 1.29 is 9.53 Å². The van der Waals surface area contributed by atoms with Gasteiger partial charge >= 0.3 is 0 Å². The number of terminal acetylenes is 1. The fourth-order valence-electron chi connectivity index (χ4n) is 4.25. The molecule has 0 radical (unpaired) electrons. The molecular formula is C26H22N6O2S. The summed E-state index contributed by atoms with van der Waals surface area (Å²) in [6, 6.07) is 9.89. The van der Waals surface area contributed by atoms with E-state index < -0.39 is 0 Å². The molecule has 1 fully saturated rings. The Labute approximate surface area is 207 Å². The Morgan fingerprint density at radius 3 is 2.71 bits per heavy atom. The number of ether oxygens (including phenoxy) is 1. The number of hydrogen-bond donors (Lipinski definition) is 0. The van der Waals surface area contributed by atoms with Crippen LogP contribution in [0.1, 0.15) is 27.7 Å². The molecule has 1 amide bonds. The lowest BCUT2D eigenvalue weighted by Crippen LogP contribution is -2.49. The summed E-state index contributed by atoms with van der Waals surface area (Å²) in [5, 5.41) is 15.7. The smallest absolute Gasteiger partial charge is 0.265 e. The van der Waals surface area contributed by atoms with Gasteiger partial charge in [0.25, 0.3) is 5.91 Å². The molecular weight excluding hydrogens is 460 g/mol. The molecule has 4 aromatic heterocycles. The second-order valence-corrected chi connectivity index (χ2v) is 8.89. The van der Waals surface area contributed by atoms with E-state index in [4.69, 9.17) is 16.1 Å². The first-order valence-corrected chi connectivity index (χ1v) is 12.1. The Morgan fingerprint density at radius 2 is 2.03 bits per heavy atom. The van der Waals surface area contributed by atoms with Crippen molar-refractivity contribution in [2.75, 3.05) is 37.7 Å². The molecule has 0 unspecified atom stereocenters. The van der Waals surface area contributed by atoms with Crippen molar-refractivity contribution in [1.82, 2.24) is 19.5 Å². The maximum absolute atomic E-state index is 12.9. The van der Waals surface area contributed by atoms with Gasteiger partial charge < -0.3 is 14.5 Å². The first-order chi connectivity index (χ1) is 17.1. The third kappa shape index (κ3) is 4.18. The molecule has 1 aliphatic heterocycles. The minimum Gasteiger partial charge on any atom is -0.492 e. The molecule has 174 valence electrons. The normalized spacial score (nSPS) is 13.5. The number of pyridine rings is 2. The van der Waals surface area contributed by atoms with Gasteiger partial charge in [-0.2, -0.15) is 10.4 Å². The number of anilines is 1.